The number of hydrogen-bond acceptors (Lipinski definition) is 2. The molecule has 0 aliphatic carbocycles. The number of hydrogen-bond donors (Lipinski definition) is 2. The molecule has 4 heteroatoms. The van der Waals surface area contributed by atoms with Gasteiger partial charge in [0.15, 0.2) is 0 Å². The summed E-state index contributed by atoms with van der Waals surface area (Å²) in [4.78, 5) is 10.9. The van der Waals surface area contributed by atoms with Crippen LogP contribution in [0.4, 0.5) is 0 Å². The van der Waals surface area contributed by atoms with Crippen molar-refractivity contribution in [2.75, 3.05) is 12.0 Å². The van der Waals surface area contributed by atoms with Crippen molar-refractivity contribution in [2.24, 2.45) is 0 Å². The fourth-order valence-corrected chi connectivity index (χ4v) is 3.85. The number of carboxylic acids is 1. The molecule has 0 aromatic heterocycles. The zero-order valence-corrected chi connectivity index (χ0v) is 14.4. The van der Waals surface area contributed by atoms with Gasteiger partial charge in [-0.3, -0.25) is 4.79 Å². The Morgan fingerprint density at radius 1 is 0.950 bits per heavy atom. The summed E-state index contributed by atoms with van der Waals surface area (Å²) in [7, 11) is -1.97. The molecule has 0 saturated carbocycles. The minimum absolute atomic E-state index is 0.610. The van der Waals surface area contributed by atoms with Crippen LogP contribution in [-0.4, -0.2) is 32.9 Å². The molecule has 2 unspecified atom stereocenters. The molecule has 0 aromatic carbocycles. The molecule has 0 spiro atoms. The Morgan fingerprint density at radius 2 is 1.35 bits per heavy atom. The summed E-state index contributed by atoms with van der Waals surface area (Å²) >= 11 is 0. The van der Waals surface area contributed by atoms with Gasteiger partial charge in [-0.15, -0.1) is 10.3 Å². The molecule has 0 radical (unpaired) electrons. The average Bonchev–Trinajstić information content (AvgIpc) is 2.39. The van der Waals surface area contributed by atoms with Crippen LogP contribution < -0.4 is 0 Å². The molecular formula is C16H34O3S. The molecule has 0 aliphatic rings. The van der Waals surface area contributed by atoms with E-state index in [2.05, 4.69) is 6.92 Å². The Bertz CT molecular complexity index is 254. The zero-order chi connectivity index (χ0) is 15.4. The molecule has 0 heterocycles. The SMILES string of the molecule is CCCCCCCCCCCCS(C)(O)C(C)C(=O)O. The van der Waals surface area contributed by atoms with Crippen molar-refractivity contribution in [3.8, 4) is 0 Å². The molecule has 0 bridgehead atoms. The summed E-state index contributed by atoms with van der Waals surface area (Å²) in [5.41, 5.74) is 0. The Balaban J connectivity index is 3.46. The number of unbranched alkanes of at least 4 members (excludes halogenated alkanes) is 9. The van der Waals surface area contributed by atoms with Crippen molar-refractivity contribution in [3.63, 3.8) is 0 Å². The largest absolute Gasteiger partial charge is 0.480 e. The average molecular weight is 307 g/mol. The van der Waals surface area contributed by atoms with Crippen LogP contribution in [0.5, 0.6) is 0 Å². The van der Waals surface area contributed by atoms with Crippen molar-refractivity contribution < 1.29 is 14.5 Å². The molecule has 0 saturated heterocycles. The van der Waals surface area contributed by atoms with Gasteiger partial charge in [0.25, 0.3) is 0 Å². The van der Waals surface area contributed by atoms with Crippen LogP contribution in [0.25, 0.3) is 0 Å². The maximum absolute atomic E-state index is 10.9. The lowest BCUT2D eigenvalue weighted by atomic mass is 10.1. The van der Waals surface area contributed by atoms with E-state index in [1.165, 1.54) is 51.4 Å². The molecule has 20 heavy (non-hydrogen) atoms. The molecule has 2 N–H and O–H groups in total. The fourth-order valence-electron chi connectivity index (χ4n) is 2.28. The Hall–Kier alpha value is -0.220. The van der Waals surface area contributed by atoms with Crippen LogP contribution in [-0.2, 0) is 4.79 Å². The van der Waals surface area contributed by atoms with Gasteiger partial charge in [0.2, 0.25) is 0 Å². The first kappa shape index (κ1) is 19.8. The van der Waals surface area contributed by atoms with Gasteiger partial charge in [-0.05, 0) is 25.4 Å². The van der Waals surface area contributed by atoms with Gasteiger partial charge < -0.3 is 9.66 Å². The van der Waals surface area contributed by atoms with E-state index in [1.54, 1.807) is 13.2 Å². The molecule has 0 rings (SSSR count). The van der Waals surface area contributed by atoms with E-state index in [4.69, 9.17) is 5.11 Å². The Kier molecular flexibility index (Phi) is 11.3. The lowest BCUT2D eigenvalue weighted by molar-refractivity contribution is -0.136. The normalized spacial score (nSPS) is 17.4. The van der Waals surface area contributed by atoms with Gasteiger partial charge in [0.05, 0.1) is 0 Å². The number of carboxylic acid groups (broad SMARTS) is 1. The first-order valence-corrected chi connectivity index (χ1v) is 10.3. The van der Waals surface area contributed by atoms with E-state index in [0.29, 0.717) is 5.75 Å². The molecule has 0 fully saturated rings. The molecular weight excluding hydrogens is 272 g/mol. The highest BCUT2D eigenvalue weighted by molar-refractivity contribution is 8.29. The van der Waals surface area contributed by atoms with Crippen molar-refractivity contribution >= 4 is 16.3 Å². The summed E-state index contributed by atoms with van der Waals surface area (Å²) in [6.07, 6.45) is 14.3. The van der Waals surface area contributed by atoms with Gasteiger partial charge in [-0.1, -0.05) is 64.7 Å². The highest BCUT2D eigenvalue weighted by Crippen LogP contribution is 2.45. The highest BCUT2D eigenvalue weighted by Gasteiger charge is 2.27. The second-order valence-electron chi connectivity index (χ2n) is 5.97. The number of carbonyl (C=O) groups is 1. The summed E-state index contributed by atoms with van der Waals surface area (Å²) in [5, 5.41) is 8.33. The van der Waals surface area contributed by atoms with Crippen LogP contribution in [0.2, 0.25) is 0 Å². The Labute approximate surface area is 126 Å². The lowest BCUT2D eigenvalue weighted by Gasteiger charge is -2.33. The second-order valence-corrected chi connectivity index (χ2v) is 9.31. The predicted octanol–water partition coefficient (Wildman–Crippen LogP) is 5.29. The molecule has 0 amide bonds. The molecule has 3 nitrogen and oxygen atoms in total. The van der Waals surface area contributed by atoms with E-state index < -0.39 is 21.5 Å². The number of rotatable bonds is 13. The van der Waals surface area contributed by atoms with E-state index in [-0.39, 0.29) is 0 Å². The van der Waals surface area contributed by atoms with Crippen LogP contribution in [0.3, 0.4) is 0 Å². The summed E-state index contributed by atoms with van der Waals surface area (Å²) in [6, 6.07) is 0. The maximum Gasteiger partial charge on any atom is 0.316 e. The number of aliphatic carboxylic acids is 1. The molecule has 122 valence electrons. The van der Waals surface area contributed by atoms with Crippen molar-refractivity contribution in [1.29, 1.82) is 0 Å². The topological polar surface area (TPSA) is 57.5 Å². The zero-order valence-electron chi connectivity index (χ0n) is 13.6. The van der Waals surface area contributed by atoms with Gasteiger partial charge in [0.1, 0.15) is 5.25 Å². The third kappa shape index (κ3) is 9.65. The van der Waals surface area contributed by atoms with Crippen molar-refractivity contribution in [1.82, 2.24) is 0 Å². The van der Waals surface area contributed by atoms with Crippen LogP contribution >= 0.6 is 10.3 Å². The second kappa shape index (κ2) is 11.4. The fraction of sp³-hybridized carbons (Fsp3) is 0.938. The van der Waals surface area contributed by atoms with E-state index in [0.717, 1.165) is 12.8 Å². The van der Waals surface area contributed by atoms with Gasteiger partial charge in [-0.2, -0.15) is 0 Å². The maximum atomic E-state index is 10.9. The quantitative estimate of drug-likeness (QED) is 0.455. The van der Waals surface area contributed by atoms with E-state index in [9.17, 15) is 9.35 Å². The van der Waals surface area contributed by atoms with E-state index in [1.807, 2.05) is 0 Å². The van der Waals surface area contributed by atoms with Crippen LogP contribution in [0.1, 0.15) is 78.1 Å². The standard InChI is InChI=1S/C16H34O3S/c1-4-5-6-7-8-9-10-11-12-13-14-20(3,19)15(2)16(17)18/h15,19H,4-14H2,1-3H3,(H,17,18). The third-order valence-corrected chi connectivity index (χ3v) is 6.86. The van der Waals surface area contributed by atoms with Gasteiger partial charge in [0, 0.05) is 0 Å². The van der Waals surface area contributed by atoms with Crippen molar-refractivity contribution in [3.05, 3.63) is 0 Å². The first-order chi connectivity index (χ1) is 9.41. The molecule has 0 aromatic rings. The smallest absolute Gasteiger partial charge is 0.316 e. The molecule has 2 atom stereocenters. The summed E-state index contributed by atoms with van der Waals surface area (Å²) in [5.74, 6) is -0.214. The van der Waals surface area contributed by atoms with E-state index >= 15 is 0 Å². The van der Waals surface area contributed by atoms with Crippen LogP contribution in [0, 0.1) is 0 Å². The monoisotopic (exact) mass is 306 g/mol. The van der Waals surface area contributed by atoms with Gasteiger partial charge in [-0.25, -0.2) is 0 Å². The summed E-state index contributed by atoms with van der Waals surface area (Å²) < 4.78 is 10.2. The first-order valence-electron chi connectivity index (χ1n) is 8.12. The highest BCUT2D eigenvalue weighted by atomic mass is 32.3. The Morgan fingerprint density at radius 3 is 1.75 bits per heavy atom. The van der Waals surface area contributed by atoms with Crippen LogP contribution in [0.15, 0.2) is 0 Å². The predicted molar refractivity (Wildman–Crippen MR) is 90.0 cm³/mol. The summed E-state index contributed by atoms with van der Waals surface area (Å²) in [6.45, 7) is 3.86. The lowest BCUT2D eigenvalue weighted by Crippen LogP contribution is -2.25. The van der Waals surface area contributed by atoms with Gasteiger partial charge >= 0.3 is 5.97 Å². The molecule has 0 aliphatic heterocycles. The minimum atomic E-state index is -1.97. The minimum Gasteiger partial charge on any atom is -0.480 e. The third-order valence-electron chi connectivity index (χ3n) is 4.02. The van der Waals surface area contributed by atoms with Crippen molar-refractivity contribution in [2.45, 2.75) is 83.3 Å².